The molecule has 23 heavy (non-hydrogen) atoms. The van der Waals surface area contributed by atoms with Crippen LogP contribution in [0.2, 0.25) is 0 Å². The number of benzene rings is 1. The Bertz CT molecular complexity index is 728. The number of carbonyl (C=O) groups excluding carboxylic acids is 2. The van der Waals surface area contributed by atoms with E-state index in [1.165, 1.54) is 6.92 Å². The first-order valence-electron chi connectivity index (χ1n) is 7.51. The van der Waals surface area contributed by atoms with Crippen LogP contribution in [-0.4, -0.2) is 28.2 Å². The Kier molecular flexibility index (Phi) is 5.41. The Morgan fingerprint density at radius 3 is 2.65 bits per heavy atom. The summed E-state index contributed by atoms with van der Waals surface area (Å²) in [6, 6.07) is 8.43. The summed E-state index contributed by atoms with van der Waals surface area (Å²) >= 11 is 0. The molecule has 0 atom stereocenters. The molecule has 1 amide bonds. The number of nitrogens with zero attached hydrogens (tertiary/aromatic N) is 2. The first-order valence-corrected chi connectivity index (χ1v) is 7.51. The second-order valence-electron chi connectivity index (χ2n) is 5.20. The molecule has 0 bridgehead atoms. The molecule has 120 valence electrons. The highest BCUT2D eigenvalue weighted by Gasteiger charge is 2.11. The van der Waals surface area contributed by atoms with E-state index in [1.807, 2.05) is 0 Å². The van der Waals surface area contributed by atoms with Crippen LogP contribution in [0.3, 0.4) is 0 Å². The van der Waals surface area contributed by atoms with E-state index in [4.69, 9.17) is 0 Å². The number of carbonyl (C=O) groups is 2. The SMILES string of the molecule is CCCNc1cc(C(=O)Nc2cccc(C(C)=O)c2)nc(C)n1. The number of hydrogen-bond donors (Lipinski definition) is 2. The Morgan fingerprint density at radius 1 is 1.17 bits per heavy atom. The standard InChI is InChI=1S/C17H20N4O2/c1-4-8-18-16-10-15(19-12(3)20-16)17(23)21-14-7-5-6-13(9-14)11(2)22/h5-7,9-10H,4,8H2,1-3H3,(H,21,23)(H,18,19,20). The van der Waals surface area contributed by atoms with Crippen LogP contribution in [0.5, 0.6) is 0 Å². The van der Waals surface area contributed by atoms with Gasteiger partial charge in [0.25, 0.3) is 5.91 Å². The fourth-order valence-electron chi connectivity index (χ4n) is 2.04. The van der Waals surface area contributed by atoms with Crippen molar-refractivity contribution in [2.24, 2.45) is 0 Å². The number of rotatable bonds is 6. The van der Waals surface area contributed by atoms with E-state index in [2.05, 4.69) is 27.5 Å². The highest BCUT2D eigenvalue weighted by atomic mass is 16.2. The van der Waals surface area contributed by atoms with Crippen molar-refractivity contribution in [1.82, 2.24) is 9.97 Å². The molecule has 2 N–H and O–H groups in total. The van der Waals surface area contributed by atoms with Crippen molar-refractivity contribution >= 4 is 23.2 Å². The molecule has 0 aliphatic heterocycles. The number of Topliss-reactive ketones (excluding diaryl/α,β-unsaturated/α-hetero) is 1. The topological polar surface area (TPSA) is 84.0 Å². The zero-order valence-electron chi connectivity index (χ0n) is 13.5. The lowest BCUT2D eigenvalue weighted by Crippen LogP contribution is -2.16. The molecule has 2 aromatic rings. The first-order chi connectivity index (χ1) is 11.0. The van der Waals surface area contributed by atoms with Crippen LogP contribution in [0.15, 0.2) is 30.3 Å². The number of ketones is 1. The van der Waals surface area contributed by atoms with Gasteiger partial charge in [0.2, 0.25) is 0 Å². The third kappa shape index (κ3) is 4.60. The van der Waals surface area contributed by atoms with Crippen LogP contribution in [-0.2, 0) is 0 Å². The van der Waals surface area contributed by atoms with E-state index in [0.717, 1.165) is 13.0 Å². The van der Waals surface area contributed by atoms with E-state index in [1.54, 1.807) is 37.3 Å². The van der Waals surface area contributed by atoms with Crippen LogP contribution < -0.4 is 10.6 Å². The maximum absolute atomic E-state index is 12.4. The van der Waals surface area contributed by atoms with Gasteiger partial charge in [0.1, 0.15) is 17.3 Å². The molecule has 2 rings (SSSR count). The van der Waals surface area contributed by atoms with Gasteiger partial charge >= 0.3 is 0 Å². The van der Waals surface area contributed by atoms with Gasteiger partial charge in [-0.05, 0) is 32.4 Å². The number of nitrogens with one attached hydrogen (secondary N) is 2. The van der Waals surface area contributed by atoms with Gasteiger partial charge in [-0.2, -0.15) is 0 Å². The fraction of sp³-hybridized carbons (Fsp3) is 0.294. The lowest BCUT2D eigenvalue weighted by molar-refractivity contribution is 0.100. The third-order valence-electron chi connectivity index (χ3n) is 3.15. The Hall–Kier alpha value is -2.76. The van der Waals surface area contributed by atoms with Crippen LogP contribution in [0.25, 0.3) is 0 Å². The molecule has 0 saturated carbocycles. The maximum Gasteiger partial charge on any atom is 0.274 e. The summed E-state index contributed by atoms with van der Waals surface area (Å²) in [5.41, 5.74) is 1.39. The molecule has 1 heterocycles. The number of anilines is 2. The van der Waals surface area contributed by atoms with Crippen molar-refractivity contribution in [3.05, 3.63) is 47.4 Å². The number of hydrogen-bond acceptors (Lipinski definition) is 5. The smallest absolute Gasteiger partial charge is 0.274 e. The van der Waals surface area contributed by atoms with Crippen LogP contribution in [0.1, 0.15) is 46.9 Å². The minimum Gasteiger partial charge on any atom is -0.370 e. The van der Waals surface area contributed by atoms with Crippen LogP contribution in [0.4, 0.5) is 11.5 Å². The van der Waals surface area contributed by atoms with Crippen LogP contribution >= 0.6 is 0 Å². The van der Waals surface area contributed by atoms with E-state index < -0.39 is 0 Å². The van der Waals surface area contributed by atoms with Crippen molar-refractivity contribution in [3.63, 3.8) is 0 Å². The predicted molar refractivity (Wildman–Crippen MR) is 89.9 cm³/mol. The van der Waals surface area contributed by atoms with Crippen molar-refractivity contribution < 1.29 is 9.59 Å². The highest BCUT2D eigenvalue weighted by Crippen LogP contribution is 2.14. The molecule has 1 aromatic carbocycles. The van der Waals surface area contributed by atoms with Gasteiger partial charge in [-0.15, -0.1) is 0 Å². The summed E-state index contributed by atoms with van der Waals surface area (Å²) in [5.74, 6) is 0.761. The van der Waals surface area contributed by atoms with Gasteiger partial charge in [0.05, 0.1) is 0 Å². The summed E-state index contributed by atoms with van der Waals surface area (Å²) in [5, 5.41) is 5.90. The van der Waals surface area contributed by atoms with E-state index >= 15 is 0 Å². The monoisotopic (exact) mass is 312 g/mol. The molecular formula is C17H20N4O2. The number of aryl methyl sites for hydroxylation is 1. The molecule has 0 fully saturated rings. The van der Waals surface area contributed by atoms with Crippen molar-refractivity contribution in [2.45, 2.75) is 27.2 Å². The molecule has 0 radical (unpaired) electrons. The van der Waals surface area contributed by atoms with E-state index in [0.29, 0.717) is 22.9 Å². The minimum atomic E-state index is -0.337. The minimum absolute atomic E-state index is 0.0509. The Labute approximate surface area is 135 Å². The zero-order chi connectivity index (χ0) is 16.8. The lowest BCUT2D eigenvalue weighted by Gasteiger charge is -2.09. The van der Waals surface area contributed by atoms with Gasteiger partial charge in [0.15, 0.2) is 5.78 Å². The molecule has 1 aromatic heterocycles. The maximum atomic E-state index is 12.4. The van der Waals surface area contributed by atoms with Crippen molar-refractivity contribution in [2.75, 3.05) is 17.2 Å². The Morgan fingerprint density at radius 2 is 1.96 bits per heavy atom. The molecule has 0 spiro atoms. The zero-order valence-corrected chi connectivity index (χ0v) is 13.5. The molecule has 0 aliphatic rings. The summed E-state index contributed by atoms with van der Waals surface area (Å²) in [7, 11) is 0. The second-order valence-corrected chi connectivity index (χ2v) is 5.20. The second kappa shape index (κ2) is 7.49. The van der Waals surface area contributed by atoms with Crippen LogP contribution in [0, 0.1) is 6.92 Å². The number of amides is 1. The number of aromatic nitrogens is 2. The van der Waals surface area contributed by atoms with Gasteiger partial charge in [0, 0.05) is 23.9 Å². The van der Waals surface area contributed by atoms with E-state index in [9.17, 15) is 9.59 Å². The molecule has 6 nitrogen and oxygen atoms in total. The highest BCUT2D eigenvalue weighted by molar-refractivity contribution is 6.04. The molecule has 6 heteroatoms. The van der Waals surface area contributed by atoms with Crippen molar-refractivity contribution in [3.8, 4) is 0 Å². The average Bonchev–Trinajstić information content (AvgIpc) is 2.52. The molecule has 0 unspecified atom stereocenters. The normalized spacial score (nSPS) is 10.2. The van der Waals surface area contributed by atoms with Gasteiger partial charge in [-0.3, -0.25) is 9.59 Å². The summed E-state index contributed by atoms with van der Waals surface area (Å²) in [6.45, 7) is 6.06. The van der Waals surface area contributed by atoms with Gasteiger partial charge in [-0.1, -0.05) is 19.1 Å². The summed E-state index contributed by atoms with van der Waals surface area (Å²) < 4.78 is 0. The quantitative estimate of drug-likeness (QED) is 0.801. The van der Waals surface area contributed by atoms with Crippen molar-refractivity contribution in [1.29, 1.82) is 0 Å². The average molecular weight is 312 g/mol. The molecule has 0 aliphatic carbocycles. The molecular weight excluding hydrogens is 292 g/mol. The molecule has 0 saturated heterocycles. The summed E-state index contributed by atoms with van der Waals surface area (Å²) in [4.78, 5) is 32.2. The summed E-state index contributed by atoms with van der Waals surface area (Å²) in [6.07, 6.45) is 0.961. The largest absolute Gasteiger partial charge is 0.370 e. The fourth-order valence-corrected chi connectivity index (χ4v) is 2.04. The third-order valence-corrected chi connectivity index (χ3v) is 3.15. The first kappa shape index (κ1) is 16.6. The van der Waals surface area contributed by atoms with E-state index in [-0.39, 0.29) is 17.4 Å². The Balaban J connectivity index is 2.18. The predicted octanol–water partition coefficient (Wildman–Crippen LogP) is 3.06. The lowest BCUT2D eigenvalue weighted by atomic mass is 10.1. The van der Waals surface area contributed by atoms with Gasteiger partial charge < -0.3 is 10.6 Å². The van der Waals surface area contributed by atoms with Gasteiger partial charge in [-0.25, -0.2) is 9.97 Å².